The lowest BCUT2D eigenvalue weighted by Gasteiger charge is -2.25. The van der Waals surface area contributed by atoms with Gasteiger partial charge in [0.2, 0.25) is 0 Å². The number of halogens is 1. The number of nitrogens with one attached hydrogen (secondary N) is 1. The maximum Gasteiger partial charge on any atom is 0.149 e. The highest BCUT2D eigenvalue weighted by Gasteiger charge is 2.42. The predicted octanol–water partition coefficient (Wildman–Crippen LogP) is 1.17. The molecule has 0 radical (unpaired) electrons. The molecule has 2 saturated heterocycles. The van der Waals surface area contributed by atoms with E-state index >= 15 is 0 Å². The Balaban J connectivity index is 1.86. The van der Waals surface area contributed by atoms with Gasteiger partial charge in [0.05, 0.1) is 12.4 Å². The highest BCUT2D eigenvalue weighted by molar-refractivity contribution is 6.29. The Morgan fingerprint density at radius 3 is 3.06 bits per heavy atom. The van der Waals surface area contributed by atoms with Gasteiger partial charge in [0.1, 0.15) is 11.0 Å². The van der Waals surface area contributed by atoms with Gasteiger partial charge in [-0.1, -0.05) is 11.6 Å². The molecule has 2 aliphatic rings. The summed E-state index contributed by atoms with van der Waals surface area (Å²) in [5, 5.41) is 3.92. The molecule has 3 atom stereocenters. The summed E-state index contributed by atoms with van der Waals surface area (Å²) in [7, 11) is 0. The summed E-state index contributed by atoms with van der Waals surface area (Å²) in [5.41, 5.74) is 0. The molecule has 1 aromatic heterocycles. The molecule has 4 nitrogen and oxygen atoms in total. The number of hydrogen-bond donors (Lipinski definition) is 1. The Bertz CT molecular complexity index is 397. The first-order valence-corrected chi connectivity index (χ1v) is 6.08. The molecule has 3 heterocycles. The van der Waals surface area contributed by atoms with E-state index in [1.54, 1.807) is 12.4 Å². The van der Waals surface area contributed by atoms with E-state index in [0.29, 0.717) is 11.2 Å². The Labute approximate surface area is 100 Å². The van der Waals surface area contributed by atoms with Gasteiger partial charge < -0.3 is 10.2 Å². The molecule has 0 bridgehead atoms. The van der Waals surface area contributed by atoms with Gasteiger partial charge in [0.25, 0.3) is 0 Å². The number of fused-ring (bicyclic) bond motifs is 1. The maximum atomic E-state index is 5.88. The lowest BCUT2D eigenvalue weighted by Crippen LogP contribution is -2.33. The fourth-order valence-corrected chi connectivity index (χ4v) is 3.08. The quantitative estimate of drug-likeness (QED) is 0.798. The van der Waals surface area contributed by atoms with Crippen LogP contribution < -0.4 is 10.2 Å². The molecule has 1 aromatic rings. The molecule has 0 spiro atoms. The summed E-state index contributed by atoms with van der Waals surface area (Å²) >= 11 is 5.88. The second-order valence-corrected chi connectivity index (χ2v) is 5.06. The standard InChI is InChI=1S/C11H15ClN4/c1-7-9-3-13-2-8(9)6-16(7)11-5-14-4-10(12)15-11/h4-5,7-9,13H,2-3,6H2,1H3. The molecule has 0 saturated carbocycles. The van der Waals surface area contributed by atoms with Crippen LogP contribution in [0.15, 0.2) is 12.4 Å². The zero-order chi connectivity index (χ0) is 11.1. The highest BCUT2D eigenvalue weighted by atomic mass is 35.5. The molecule has 0 amide bonds. The topological polar surface area (TPSA) is 41.0 Å². The molecule has 1 N–H and O–H groups in total. The first-order valence-electron chi connectivity index (χ1n) is 5.70. The van der Waals surface area contributed by atoms with Crippen LogP contribution >= 0.6 is 11.6 Å². The molecule has 5 heteroatoms. The van der Waals surface area contributed by atoms with E-state index in [-0.39, 0.29) is 0 Å². The molecule has 16 heavy (non-hydrogen) atoms. The molecule has 0 aliphatic carbocycles. The monoisotopic (exact) mass is 238 g/mol. The molecule has 86 valence electrons. The lowest BCUT2D eigenvalue weighted by atomic mass is 9.95. The summed E-state index contributed by atoms with van der Waals surface area (Å²) in [6.07, 6.45) is 3.38. The van der Waals surface area contributed by atoms with Crippen LogP contribution in [0.25, 0.3) is 0 Å². The number of hydrogen-bond acceptors (Lipinski definition) is 4. The van der Waals surface area contributed by atoms with E-state index in [0.717, 1.165) is 37.3 Å². The maximum absolute atomic E-state index is 5.88. The van der Waals surface area contributed by atoms with E-state index in [2.05, 4.69) is 27.1 Å². The normalized spacial score (nSPS) is 33.1. The van der Waals surface area contributed by atoms with E-state index in [9.17, 15) is 0 Å². The minimum Gasteiger partial charge on any atom is -0.352 e. The van der Waals surface area contributed by atoms with Crippen LogP contribution in [-0.4, -0.2) is 35.6 Å². The third kappa shape index (κ3) is 1.57. The molecular weight excluding hydrogens is 224 g/mol. The Hall–Kier alpha value is -0.870. The average molecular weight is 239 g/mol. The van der Waals surface area contributed by atoms with Crippen LogP contribution in [0.2, 0.25) is 5.15 Å². The van der Waals surface area contributed by atoms with Crippen molar-refractivity contribution in [1.82, 2.24) is 15.3 Å². The molecule has 0 aromatic carbocycles. The van der Waals surface area contributed by atoms with Crippen molar-refractivity contribution < 1.29 is 0 Å². The van der Waals surface area contributed by atoms with Crippen LogP contribution in [0.1, 0.15) is 6.92 Å². The smallest absolute Gasteiger partial charge is 0.149 e. The van der Waals surface area contributed by atoms with Crippen molar-refractivity contribution in [3.63, 3.8) is 0 Å². The Morgan fingerprint density at radius 1 is 1.44 bits per heavy atom. The second kappa shape index (κ2) is 3.86. The van der Waals surface area contributed by atoms with Crippen molar-refractivity contribution in [1.29, 1.82) is 0 Å². The average Bonchev–Trinajstić information content (AvgIpc) is 2.82. The summed E-state index contributed by atoms with van der Waals surface area (Å²) < 4.78 is 0. The molecule has 2 fully saturated rings. The minimum atomic E-state index is 0.472. The van der Waals surface area contributed by atoms with Gasteiger partial charge in [-0.05, 0) is 18.8 Å². The Morgan fingerprint density at radius 2 is 2.31 bits per heavy atom. The summed E-state index contributed by atoms with van der Waals surface area (Å²) in [4.78, 5) is 10.8. The van der Waals surface area contributed by atoms with Crippen LogP contribution in [0.4, 0.5) is 5.82 Å². The van der Waals surface area contributed by atoms with Crippen molar-refractivity contribution >= 4 is 17.4 Å². The minimum absolute atomic E-state index is 0.472. The molecule has 3 unspecified atom stereocenters. The summed E-state index contributed by atoms with van der Waals surface area (Å²) in [6, 6.07) is 0.521. The van der Waals surface area contributed by atoms with Gasteiger partial charge in [-0.3, -0.25) is 4.98 Å². The number of anilines is 1. The predicted molar refractivity (Wildman–Crippen MR) is 63.7 cm³/mol. The van der Waals surface area contributed by atoms with Gasteiger partial charge in [-0.2, -0.15) is 0 Å². The largest absolute Gasteiger partial charge is 0.352 e. The molecule has 3 rings (SSSR count). The molecule has 2 aliphatic heterocycles. The van der Waals surface area contributed by atoms with Crippen LogP contribution in [0.5, 0.6) is 0 Å². The summed E-state index contributed by atoms with van der Waals surface area (Å²) in [5.74, 6) is 2.39. The number of rotatable bonds is 1. The van der Waals surface area contributed by atoms with Gasteiger partial charge in [-0.25, -0.2) is 4.98 Å². The third-order valence-corrected chi connectivity index (χ3v) is 4.00. The number of aromatic nitrogens is 2. The molecular formula is C11H15ClN4. The van der Waals surface area contributed by atoms with E-state index < -0.39 is 0 Å². The van der Waals surface area contributed by atoms with Crippen LogP contribution in [0, 0.1) is 11.8 Å². The van der Waals surface area contributed by atoms with Crippen molar-refractivity contribution in [2.45, 2.75) is 13.0 Å². The second-order valence-electron chi connectivity index (χ2n) is 4.68. The third-order valence-electron chi connectivity index (χ3n) is 3.82. The van der Waals surface area contributed by atoms with Crippen molar-refractivity contribution in [2.75, 3.05) is 24.5 Å². The van der Waals surface area contributed by atoms with Gasteiger partial charge in [0, 0.05) is 25.7 Å². The highest BCUT2D eigenvalue weighted by Crippen LogP contribution is 2.34. The SMILES string of the molecule is CC1C2CNCC2CN1c1cncc(Cl)n1. The summed E-state index contributed by atoms with van der Waals surface area (Å²) in [6.45, 7) is 5.57. The van der Waals surface area contributed by atoms with E-state index in [1.807, 2.05) is 0 Å². The fraction of sp³-hybridized carbons (Fsp3) is 0.636. The van der Waals surface area contributed by atoms with E-state index in [1.165, 1.54) is 0 Å². The van der Waals surface area contributed by atoms with Crippen molar-refractivity contribution in [3.05, 3.63) is 17.5 Å². The van der Waals surface area contributed by atoms with Crippen LogP contribution in [-0.2, 0) is 0 Å². The van der Waals surface area contributed by atoms with E-state index in [4.69, 9.17) is 11.6 Å². The van der Waals surface area contributed by atoms with Crippen LogP contribution in [0.3, 0.4) is 0 Å². The fourth-order valence-electron chi connectivity index (χ4n) is 2.94. The first kappa shape index (κ1) is 10.3. The first-order chi connectivity index (χ1) is 7.75. The van der Waals surface area contributed by atoms with Gasteiger partial charge in [0.15, 0.2) is 0 Å². The zero-order valence-corrected chi connectivity index (χ0v) is 9.98. The zero-order valence-electron chi connectivity index (χ0n) is 9.23. The number of nitrogens with zero attached hydrogens (tertiary/aromatic N) is 3. The van der Waals surface area contributed by atoms with Crippen molar-refractivity contribution in [2.24, 2.45) is 11.8 Å². The van der Waals surface area contributed by atoms with Crippen molar-refractivity contribution in [3.8, 4) is 0 Å². The lowest BCUT2D eigenvalue weighted by molar-refractivity contribution is 0.471. The van der Waals surface area contributed by atoms with Gasteiger partial charge in [-0.15, -0.1) is 0 Å². The Kier molecular flexibility index (Phi) is 2.48. The van der Waals surface area contributed by atoms with Gasteiger partial charge >= 0.3 is 0 Å².